The predicted octanol–water partition coefficient (Wildman–Crippen LogP) is 1.92. The first-order valence-electron chi connectivity index (χ1n) is 8.09. The van der Waals surface area contributed by atoms with Gasteiger partial charge >= 0.3 is 5.97 Å². The molecular weight excluding hydrogens is 334 g/mol. The van der Waals surface area contributed by atoms with Gasteiger partial charge in [-0.2, -0.15) is 0 Å². The minimum absolute atomic E-state index is 0.212. The van der Waals surface area contributed by atoms with Gasteiger partial charge in [-0.3, -0.25) is 14.6 Å². The van der Waals surface area contributed by atoms with E-state index in [2.05, 4.69) is 15.6 Å². The summed E-state index contributed by atoms with van der Waals surface area (Å²) in [5.41, 5.74) is 3.75. The molecule has 0 spiro atoms. The molecule has 2 rings (SSSR count). The van der Waals surface area contributed by atoms with Crippen molar-refractivity contribution < 1.29 is 19.1 Å². The third-order valence-electron chi connectivity index (χ3n) is 3.81. The van der Waals surface area contributed by atoms with Gasteiger partial charge in [0.1, 0.15) is 0 Å². The monoisotopic (exact) mass is 355 g/mol. The fraction of sp³-hybridized carbons (Fsp3) is 0.263. The number of anilines is 1. The Kier molecular flexibility index (Phi) is 6.43. The Labute approximate surface area is 151 Å². The molecule has 1 heterocycles. The summed E-state index contributed by atoms with van der Waals surface area (Å²) >= 11 is 0. The van der Waals surface area contributed by atoms with Gasteiger partial charge < -0.3 is 15.4 Å². The summed E-state index contributed by atoms with van der Waals surface area (Å²) in [6, 6.07) is 8.83. The van der Waals surface area contributed by atoms with E-state index in [0.717, 1.165) is 16.8 Å². The number of hydrogen-bond donors (Lipinski definition) is 2. The maximum Gasteiger partial charge on any atom is 0.340 e. The summed E-state index contributed by atoms with van der Waals surface area (Å²) in [4.78, 5) is 39.4. The van der Waals surface area contributed by atoms with Crippen LogP contribution in [0.5, 0.6) is 0 Å². The van der Waals surface area contributed by atoms with Crippen LogP contribution in [0.15, 0.2) is 36.5 Å². The fourth-order valence-electron chi connectivity index (χ4n) is 2.11. The highest BCUT2D eigenvalue weighted by Gasteiger charge is 2.12. The molecule has 0 atom stereocenters. The molecule has 1 aromatic heterocycles. The number of nitrogens with one attached hydrogen (secondary N) is 2. The van der Waals surface area contributed by atoms with E-state index in [1.54, 1.807) is 25.1 Å². The number of esters is 1. The second kappa shape index (κ2) is 8.75. The van der Waals surface area contributed by atoms with E-state index in [4.69, 9.17) is 4.74 Å². The molecule has 2 aromatic rings. The van der Waals surface area contributed by atoms with Crippen LogP contribution in [0, 0.1) is 20.8 Å². The maximum absolute atomic E-state index is 11.9. The third kappa shape index (κ3) is 5.41. The van der Waals surface area contributed by atoms with E-state index < -0.39 is 18.5 Å². The van der Waals surface area contributed by atoms with Crippen LogP contribution in [-0.2, 0) is 14.3 Å². The van der Waals surface area contributed by atoms with E-state index in [1.165, 1.54) is 6.20 Å². The Bertz CT molecular complexity index is 816. The predicted molar refractivity (Wildman–Crippen MR) is 96.8 cm³/mol. The molecule has 0 radical (unpaired) electrons. The molecule has 1 aromatic carbocycles. The first-order chi connectivity index (χ1) is 12.4. The maximum atomic E-state index is 11.9. The minimum Gasteiger partial charge on any atom is -0.452 e. The molecule has 0 saturated carbocycles. The zero-order valence-corrected chi connectivity index (χ0v) is 15.0. The van der Waals surface area contributed by atoms with Crippen LogP contribution in [0.1, 0.15) is 27.2 Å². The number of benzene rings is 1. The van der Waals surface area contributed by atoms with Crippen molar-refractivity contribution in [3.8, 4) is 0 Å². The minimum atomic E-state index is -0.646. The Hall–Kier alpha value is -3.22. The lowest BCUT2D eigenvalue weighted by Gasteiger charge is -2.11. The van der Waals surface area contributed by atoms with Crippen LogP contribution in [0.4, 0.5) is 5.69 Å². The highest BCUT2D eigenvalue weighted by Crippen LogP contribution is 2.17. The van der Waals surface area contributed by atoms with Crippen LogP contribution in [0.2, 0.25) is 0 Å². The molecule has 0 fully saturated rings. The van der Waals surface area contributed by atoms with E-state index in [0.29, 0.717) is 5.69 Å². The Morgan fingerprint density at radius 3 is 2.50 bits per heavy atom. The normalized spacial score (nSPS) is 10.1. The van der Waals surface area contributed by atoms with Crippen molar-refractivity contribution in [1.29, 1.82) is 0 Å². The number of carbonyl (C=O) groups excluding carboxylic acids is 3. The van der Waals surface area contributed by atoms with Gasteiger partial charge in [0.2, 0.25) is 5.91 Å². The molecule has 7 heteroatoms. The fourth-order valence-corrected chi connectivity index (χ4v) is 2.11. The standard InChI is InChI=1S/C19H21N3O4/c1-12-5-4-6-16(14(12)3)22-17(23)10-21-18(24)11-26-19(25)15-8-7-13(2)20-9-15/h4-9H,10-11H2,1-3H3,(H,21,24)(H,22,23). The summed E-state index contributed by atoms with van der Waals surface area (Å²) in [6.07, 6.45) is 1.38. The summed E-state index contributed by atoms with van der Waals surface area (Å²) in [6.45, 7) is 4.97. The second-order valence-corrected chi connectivity index (χ2v) is 5.84. The molecule has 7 nitrogen and oxygen atoms in total. The van der Waals surface area contributed by atoms with Crippen molar-refractivity contribution in [2.45, 2.75) is 20.8 Å². The van der Waals surface area contributed by atoms with Crippen molar-refractivity contribution >= 4 is 23.5 Å². The van der Waals surface area contributed by atoms with Gasteiger partial charge in [-0.05, 0) is 50.1 Å². The third-order valence-corrected chi connectivity index (χ3v) is 3.81. The number of ether oxygens (including phenoxy) is 1. The zero-order valence-electron chi connectivity index (χ0n) is 15.0. The lowest BCUT2D eigenvalue weighted by molar-refractivity contribution is -0.126. The number of carbonyl (C=O) groups is 3. The van der Waals surface area contributed by atoms with Crippen molar-refractivity contribution in [3.63, 3.8) is 0 Å². The molecule has 0 saturated heterocycles. The van der Waals surface area contributed by atoms with Gasteiger partial charge in [0.15, 0.2) is 6.61 Å². The van der Waals surface area contributed by atoms with Gasteiger partial charge in [0.05, 0.1) is 12.1 Å². The Morgan fingerprint density at radius 2 is 1.81 bits per heavy atom. The summed E-state index contributed by atoms with van der Waals surface area (Å²) < 4.78 is 4.89. The van der Waals surface area contributed by atoms with E-state index in [1.807, 2.05) is 26.0 Å². The number of nitrogens with zero attached hydrogens (tertiary/aromatic N) is 1. The zero-order chi connectivity index (χ0) is 19.1. The van der Waals surface area contributed by atoms with Crippen molar-refractivity contribution in [2.24, 2.45) is 0 Å². The van der Waals surface area contributed by atoms with E-state index >= 15 is 0 Å². The number of amides is 2. The number of hydrogen-bond acceptors (Lipinski definition) is 5. The molecule has 0 aliphatic carbocycles. The Morgan fingerprint density at radius 1 is 1.04 bits per heavy atom. The lowest BCUT2D eigenvalue weighted by Crippen LogP contribution is -2.35. The van der Waals surface area contributed by atoms with Gasteiger partial charge in [-0.25, -0.2) is 4.79 Å². The van der Waals surface area contributed by atoms with Crippen LogP contribution in [0.25, 0.3) is 0 Å². The number of aromatic nitrogens is 1. The summed E-state index contributed by atoms with van der Waals surface area (Å²) in [5.74, 6) is -1.57. The molecule has 0 unspecified atom stereocenters. The SMILES string of the molecule is Cc1ccc(C(=O)OCC(=O)NCC(=O)Nc2cccc(C)c2C)cn1. The number of rotatable bonds is 6. The highest BCUT2D eigenvalue weighted by atomic mass is 16.5. The molecule has 0 aliphatic rings. The molecule has 2 N–H and O–H groups in total. The van der Waals surface area contributed by atoms with E-state index in [9.17, 15) is 14.4 Å². The average molecular weight is 355 g/mol. The average Bonchev–Trinajstić information content (AvgIpc) is 2.62. The van der Waals surface area contributed by atoms with Crippen LogP contribution >= 0.6 is 0 Å². The van der Waals surface area contributed by atoms with Gasteiger partial charge in [-0.15, -0.1) is 0 Å². The largest absolute Gasteiger partial charge is 0.452 e. The molecule has 0 aliphatic heterocycles. The smallest absolute Gasteiger partial charge is 0.340 e. The second-order valence-electron chi connectivity index (χ2n) is 5.84. The first kappa shape index (κ1) is 19.1. The summed E-state index contributed by atoms with van der Waals surface area (Å²) in [5, 5.41) is 5.14. The quantitative estimate of drug-likeness (QED) is 0.772. The van der Waals surface area contributed by atoms with Gasteiger partial charge in [0.25, 0.3) is 5.91 Å². The van der Waals surface area contributed by atoms with Crippen molar-refractivity contribution in [3.05, 3.63) is 58.9 Å². The lowest BCUT2D eigenvalue weighted by atomic mass is 10.1. The van der Waals surface area contributed by atoms with E-state index in [-0.39, 0.29) is 18.0 Å². The van der Waals surface area contributed by atoms with Crippen LogP contribution in [0.3, 0.4) is 0 Å². The van der Waals surface area contributed by atoms with Crippen LogP contribution in [-0.4, -0.2) is 35.9 Å². The number of pyridine rings is 1. The summed E-state index contributed by atoms with van der Waals surface area (Å²) in [7, 11) is 0. The first-order valence-corrected chi connectivity index (χ1v) is 8.09. The number of aryl methyl sites for hydroxylation is 2. The topological polar surface area (TPSA) is 97.4 Å². The van der Waals surface area contributed by atoms with Gasteiger partial charge in [0, 0.05) is 17.6 Å². The Balaban J connectivity index is 1.76. The highest BCUT2D eigenvalue weighted by molar-refractivity contribution is 5.96. The molecule has 136 valence electrons. The van der Waals surface area contributed by atoms with Crippen molar-refractivity contribution in [1.82, 2.24) is 10.3 Å². The molecular formula is C19H21N3O4. The molecule has 26 heavy (non-hydrogen) atoms. The van der Waals surface area contributed by atoms with Crippen LogP contribution < -0.4 is 10.6 Å². The molecule has 2 amide bonds. The van der Waals surface area contributed by atoms with Gasteiger partial charge in [-0.1, -0.05) is 12.1 Å². The van der Waals surface area contributed by atoms with Crippen molar-refractivity contribution in [2.75, 3.05) is 18.5 Å². The molecule has 0 bridgehead atoms.